The number of aliphatic carboxylic acids is 1. The van der Waals surface area contributed by atoms with Gasteiger partial charge in [-0.15, -0.1) is 0 Å². The molecule has 1 aliphatic carbocycles. The van der Waals surface area contributed by atoms with Crippen molar-refractivity contribution in [2.24, 2.45) is 11.3 Å². The van der Waals surface area contributed by atoms with Gasteiger partial charge in [0.25, 0.3) is 5.91 Å². The first kappa shape index (κ1) is 23.6. The van der Waals surface area contributed by atoms with Gasteiger partial charge in [0, 0.05) is 19.1 Å². The molecule has 3 rings (SSSR count). The van der Waals surface area contributed by atoms with Gasteiger partial charge in [0.15, 0.2) is 0 Å². The van der Waals surface area contributed by atoms with Crippen molar-refractivity contribution in [3.63, 3.8) is 0 Å². The van der Waals surface area contributed by atoms with Gasteiger partial charge in [-0.2, -0.15) is 0 Å². The van der Waals surface area contributed by atoms with E-state index in [1.807, 2.05) is 26.0 Å². The fourth-order valence-electron chi connectivity index (χ4n) is 4.87. The van der Waals surface area contributed by atoms with Crippen LogP contribution in [0.5, 0.6) is 0 Å². The standard InChI is InChI=1S/C25H39N3O3/c1-4-5-13-21-20(23(29)26-19-11-7-6-8-12-19)14-15-22(27-21)28-16-9-10-18(17-28)25(2,3)24(30)31/h14-15,18-19H,4-13,16-17H2,1-3H3,(H,26,29)(H,30,31). The van der Waals surface area contributed by atoms with E-state index in [0.717, 1.165) is 63.0 Å². The van der Waals surface area contributed by atoms with E-state index < -0.39 is 11.4 Å². The number of rotatable bonds is 8. The molecule has 2 aliphatic rings. The van der Waals surface area contributed by atoms with Crippen molar-refractivity contribution < 1.29 is 14.7 Å². The monoisotopic (exact) mass is 429 g/mol. The lowest BCUT2D eigenvalue weighted by atomic mass is 9.74. The molecular weight excluding hydrogens is 390 g/mol. The molecular formula is C25H39N3O3. The number of nitrogens with one attached hydrogen (secondary N) is 1. The van der Waals surface area contributed by atoms with E-state index >= 15 is 0 Å². The molecule has 6 heteroatoms. The van der Waals surface area contributed by atoms with E-state index in [4.69, 9.17) is 4.98 Å². The first-order valence-corrected chi connectivity index (χ1v) is 12.1. The van der Waals surface area contributed by atoms with Gasteiger partial charge in [-0.25, -0.2) is 4.98 Å². The zero-order valence-electron chi connectivity index (χ0n) is 19.5. The molecule has 1 aromatic heterocycles. The minimum Gasteiger partial charge on any atom is -0.481 e. The molecule has 1 saturated heterocycles. The summed E-state index contributed by atoms with van der Waals surface area (Å²) in [5.41, 5.74) is 0.804. The van der Waals surface area contributed by atoms with Crippen molar-refractivity contribution in [1.82, 2.24) is 10.3 Å². The van der Waals surface area contributed by atoms with Crippen LogP contribution in [0.3, 0.4) is 0 Å². The van der Waals surface area contributed by atoms with Crippen LogP contribution in [0.4, 0.5) is 5.82 Å². The van der Waals surface area contributed by atoms with Crippen LogP contribution in [0.1, 0.15) is 94.6 Å². The molecule has 2 heterocycles. The zero-order chi connectivity index (χ0) is 22.4. The summed E-state index contributed by atoms with van der Waals surface area (Å²) in [6.07, 6.45) is 10.5. The molecule has 0 spiro atoms. The van der Waals surface area contributed by atoms with E-state index in [1.54, 1.807) is 0 Å². The lowest BCUT2D eigenvalue weighted by Gasteiger charge is -2.40. The van der Waals surface area contributed by atoms with Crippen molar-refractivity contribution in [2.75, 3.05) is 18.0 Å². The molecule has 1 amide bonds. The lowest BCUT2D eigenvalue weighted by molar-refractivity contribution is -0.150. The number of amides is 1. The molecule has 1 atom stereocenters. The number of pyridine rings is 1. The molecule has 2 fully saturated rings. The number of carbonyl (C=O) groups excluding carboxylic acids is 1. The number of carbonyl (C=O) groups is 2. The summed E-state index contributed by atoms with van der Waals surface area (Å²) >= 11 is 0. The summed E-state index contributed by atoms with van der Waals surface area (Å²) in [5.74, 6) is 0.200. The summed E-state index contributed by atoms with van der Waals surface area (Å²) in [5, 5.41) is 12.9. The maximum Gasteiger partial charge on any atom is 0.309 e. The Morgan fingerprint density at radius 2 is 1.90 bits per heavy atom. The average molecular weight is 430 g/mol. The third-order valence-corrected chi connectivity index (χ3v) is 7.23. The van der Waals surface area contributed by atoms with Crippen molar-refractivity contribution in [3.8, 4) is 0 Å². The smallest absolute Gasteiger partial charge is 0.309 e. The highest BCUT2D eigenvalue weighted by atomic mass is 16.4. The second kappa shape index (κ2) is 10.5. The third-order valence-electron chi connectivity index (χ3n) is 7.23. The maximum absolute atomic E-state index is 13.0. The quantitative estimate of drug-likeness (QED) is 0.619. The molecule has 31 heavy (non-hydrogen) atoms. The Morgan fingerprint density at radius 1 is 1.16 bits per heavy atom. The predicted octanol–water partition coefficient (Wildman–Crippen LogP) is 4.81. The summed E-state index contributed by atoms with van der Waals surface area (Å²) in [6, 6.07) is 4.15. The van der Waals surface area contributed by atoms with Gasteiger partial charge >= 0.3 is 5.97 Å². The summed E-state index contributed by atoms with van der Waals surface area (Å²) < 4.78 is 0. The molecule has 0 radical (unpaired) electrons. The van der Waals surface area contributed by atoms with Crippen LogP contribution < -0.4 is 10.2 Å². The number of hydrogen-bond donors (Lipinski definition) is 2. The Kier molecular flexibility index (Phi) is 7.95. The van der Waals surface area contributed by atoms with E-state index in [9.17, 15) is 14.7 Å². The number of anilines is 1. The first-order chi connectivity index (χ1) is 14.8. The van der Waals surface area contributed by atoms with Gasteiger partial charge in [0.05, 0.1) is 16.7 Å². The molecule has 0 aromatic carbocycles. The van der Waals surface area contributed by atoms with Gasteiger partial charge < -0.3 is 15.3 Å². The third kappa shape index (κ3) is 5.78. The van der Waals surface area contributed by atoms with Crippen LogP contribution >= 0.6 is 0 Å². The normalized spacial score (nSPS) is 20.5. The molecule has 1 saturated carbocycles. The Balaban J connectivity index is 1.78. The Labute approximate surface area is 186 Å². The highest BCUT2D eigenvalue weighted by Crippen LogP contribution is 2.35. The zero-order valence-corrected chi connectivity index (χ0v) is 19.5. The molecule has 172 valence electrons. The number of carboxylic acid groups (broad SMARTS) is 1. The number of nitrogens with zero attached hydrogens (tertiary/aromatic N) is 2. The number of carboxylic acids is 1. The number of piperidine rings is 1. The summed E-state index contributed by atoms with van der Waals surface area (Å²) in [6.45, 7) is 7.35. The van der Waals surface area contributed by atoms with Gasteiger partial charge in [-0.1, -0.05) is 32.6 Å². The number of hydrogen-bond acceptors (Lipinski definition) is 4. The Bertz CT molecular complexity index is 771. The van der Waals surface area contributed by atoms with Crippen molar-refractivity contribution in [3.05, 3.63) is 23.4 Å². The molecule has 0 bridgehead atoms. The summed E-state index contributed by atoms with van der Waals surface area (Å²) in [7, 11) is 0. The van der Waals surface area contributed by atoms with E-state index in [0.29, 0.717) is 12.1 Å². The van der Waals surface area contributed by atoms with Crippen molar-refractivity contribution in [2.45, 2.75) is 91.0 Å². The molecule has 1 unspecified atom stereocenters. The van der Waals surface area contributed by atoms with Gasteiger partial charge in [-0.3, -0.25) is 9.59 Å². The highest BCUT2D eigenvalue weighted by molar-refractivity contribution is 5.95. The maximum atomic E-state index is 13.0. The summed E-state index contributed by atoms with van der Waals surface area (Å²) in [4.78, 5) is 31.9. The largest absolute Gasteiger partial charge is 0.481 e. The van der Waals surface area contributed by atoms with Crippen LogP contribution in [0.15, 0.2) is 12.1 Å². The average Bonchev–Trinajstić information content (AvgIpc) is 2.78. The predicted molar refractivity (Wildman–Crippen MR) is 124 cm³/mol. The van der Waals surface area contributed by atoms with Crippen molar-refractivity contribution >= 4 is 17.7 Å². The van der Waals surface area contributed by atoms with E-state index in [1.165, 1.54) is 19.3 Å². The molecule has 1 aliphatic heterocycles. The fourth-order valence-corrected chi connectivity index (χ4v) is 4.87. The van der Waals surface area contributed by atoms with Gasteiger partial charge in [0.1, 0.15) is 5.82 Å². The second-order valence-electron chi connectivity index (χ2n) is 9.89. The number of unbranched alkanes of at least 4 members (excludes halogenated alkanes) is 1. The second-order valence-corrected chi connectivity index (χ2v) is 9.89. The van der Waals surface area contributed by atoms with Crippen LogP contribution in [-0.2, 0) is 11.2 Å². The number of aromatic nitrogens is 1. The van der Waals surface area contributed by atoms with Crippen LogP contribution in [-0.4, -0.2) is 41.1 Å². The minimum atomic E-state index is -0.760. The van der Waals surface area contributed by atoms with Crippen molar-refractivity contribution in [1.29, 1.82) is 0 Å². The van der Waals surface area contributed by atoms with E-state index in [2.05, 4.69) is 17.1 Å². The topological polar surface area (TPSA) is 82.5 Å². The van der Waals surface area contributed by atoms with Crippen LogP contribution in [0, 0.1) is 11.3 Å². The van der Waals surface area contributed by atoms with E-state index in [-0.39, 0.29) is 17.9 Å². The first-order valence-electron chi connectivity index (χ1n) is 12.1. The minimum absolute atomic E-state index is 0.000541. The molecule has 6 nitrogen and oxygen atoms in total. The van der Waals surface area contributed by atoms with Gasteiger partial charge in [-0.05, 0) is 70.4 Å². The molecule has 1 aromatic rings. The SMILES string of the molecule is CCCCc1nc(N2CCCC(C(C)(C)C(=O)O)C2)ccc1C(=O)NC1CCCCC1. The lowest BCUT2D eigenvalue weighted by Crippen LogP contribution is -2.45. The van der Waals surface area contributed by atoms with Gasteiger partial charge in [0.2, 0.25) is 0 Å². The number of aryl methyl sites for hydroxylation is 1. The Morgan fingerprint density at radius 3 is 2.58 bits per heavy atom. The van der Waals surface area contributed by atoms with Crippen LogP contribution in [0.2, 0.25) is 0 Å². The Hall–Kier alpha value is -2.11. The highest BCUT2D eigenvalue weighted by Gasteiger charge is 2.39. The molecule has 2 N–H and O–H groups in total. The fraction of sp³-hybridized carbons (Fsp3) is 0.720. The van der Waals surface area contributed by atoms with Crippen LogP contribution in [0.25, 0.3) is 0 Å².